The monoisotopic (exact) mass is 283 g/mol. The molecule has 0 bridgehead atoms. The van der Waals surface area contributed by atoms with Crippen LogP contribution in [0.1, 0.15) is 16.1 Å². The van der Waals surface area contributed by atoms with E-state index >= 15 is 0 Å². The molecule has 1 N–H and O–H groups in total. The maximum atomic E-state index is 11.8. The maximum absolute atomic E-state index is 11.8. The first kappa shape index (κ1) is 12.7. The van der Waals surface area contributed by atoms with Crippen molar-refractivity contribution < 1.29 is 4.79 Å². The van der Waals surface area contributed by atoms with Gasteiger partial charge in [-0.05, 0) is 18.2 Å². The third kappa shape index (κ3) is 3.12. The number of nitrogens with zero attached hydrogens (tertiary/aromatic N) is 4. The van der Waals surface area contributed by atoms with E-state index in [0.717, 1.165) is 0 Å². The van der Waals surface area contributed by atoms with Crippen LogP contribution < -0.4 is 5.32 Å². The summed E-state index contributed by atoms with van der Waals surface area (Å²) in [5, 5.41) is 17.3. The fraction of sp³-hybridized carbons (Fsp3) is 0.100. The number of amides is 1. The number of rotatable bonds is 3. The number of aromatic nitrogens is 4. The van der Waals surface area contributed by atoms with Crippen molar-refractivity contribution in [2.45, 2.75) is 6.54 Å². The zero-order valence-electron chi connectivity index (χ0n) is 8.97. The van der Waals surface area contributed by atoms with Gasteiger partial charge in [0.1, 0.15) is 0 Å². The van der Waals surface area contributed by atoms with Crippen LogP contribution in [0.25, 0.3) is 0 Å². The molecule has 0 saturated heterocycles. The molecule has 0 fully saturated rings. The van der Waals surface area contributed by atoms with Crippen molar-refractivity contribution in [2.75, 3.05) is 0 Å². The molecule has 92 valence electrons. The second kappa shape index (κ2) is 5.70. The highest BCUT2D eigenvalue weighted by Crippen LogP contribution is 2.15. The molecule has 2 rings (SSSR count). The van der Waals surface area contributed by atoms with Crippen LogP contribution in [0.15, 0.2) is 24.4 Å². The SMILES string of the molecule is O=C(NCc1cccnn1)c1cc(Cl)nnc1Cl. The quantitative estimate of drug-likeness (QED) is 0.923. The standard InChI is InChI=1S/C10H7Cl2N5O/c11-8-4-7(9(12)17-16-8)10(18)13-5-6-2-1-3-14-15-6/h1-4H,5H2,(H,13,18). The van der Waals surface area contributed by atoms with Crippen molar-refractivity contribution in [2.24, 2.45) is 0 Å². The summed E-state index contributed by atoms with van der Waals surface area (Å²) in [4.78, 5) is 11.8. The summed E-state index contributed by atoms with van der Waals surface area (Å²) in [6.07, 6.45) is 1.55. The molecule has 0 aromatic carbocycles. The molecule has 6 nitrogen and oxygen atoms in total. The first-order valence-electron chi connectivity index (χ1n) is 4.90. The molecule has 0 radical (unpaired) electrons. The highest BCUT2D eigenvalue weighted by molar-refractivity contribution is 6.34. The van der Waals surface area contributed by atoms with Crippen LogP contribution in [-0.2, 0) is 6.54 Å². The molecular formula is C10H7Cl2N5O. The van der Waals surface area contributed by atoms with Crippen LogP contribution in [0.3, 0.4) is 0 Å². The highest BCUT2D eigenvalue weighted by atomic mass is 35.5. The molecule has 0 saturated carbocycles. The lowest BCUT2D eigenvalue weighted by Crippen LogP contribution is -2.24. The summed E-state index contributed by atoms with van der Waals surface area (Å²) >= 11 is 11.4. The van der Waals surface area contributed by atoms with Crippen molar-refractivity contribution in [3.05, 3.63) is 46.0 Å². The molecule has 1 amide bonds. The van der Waals surface area contributed by atoms with Gasteiger partial charge in [-0.15, -0.1) is 10.2 Å². The van der Waals surface area contributed by atoms with E-state index in [-0.39, 0.29) is 22.4 Å². The zero-order valence-corrected chi connectivity index (χ0v) is 10.5. The van der Waals surface area contributed by atoms with Gasteiger partial charge >= 0.3 is 0 Å². The van der Waals surface area contributed by atoms with Gasteiger partial charge in [-0.25, -0.2) is 0 Å². The topological polar surface area (TPSA) is 80.7 Å². The van der Waals surface area contributed by atoms with E-state index in [1.807, 2.05) is 0 Å². The van der Waals surface area contributed by atoms with Gasteiger partial charge in [0.2, 0.25) is 0 Å². The Balaban J connectivity index is 2.06. The summed E-state index contributed by atoms with van der Waals surface area (Å²) in [5.41, 5.74) is 0.802. The molecule has 2 aromatic heterocycles. The second-order valence-electron chi connectivity index (χ2n) is 3.27. The lowest BCUT2D eigenvalue weighted by Gasteiger charge is -2.05. The Bertz CT molecular complexity index is 563. The van der Waals surface area contributed by atoms with Crippen LogP contribution in [0.4, 0.5) is 0 Å². The molecule has 2 heterocycles. The predicted octanol–water partition coefficient (Wildman–Crippen LogP) is 1.50. The minimum absolute atomic E-state index is 0.00366. The number of carbonyl (C=O) groups excluding carboxylic acids is 1. The highest BCUT2D eigenvalue weighted by Gasteiger charge is 2.12. The van der Waals surface area contributed by atoms with Crippen LogP contribution >= 0.6 is 23.2 Å². The van der Waals surface area contributed by atoms with Gasteiger partial charge in [0.25, 0.3) is 5.91 Å². The number of nitrogens with one attached hydrogen (secondary N) is 1. The number of halogens is 2. The minimum Gasteiger partial charge on any atom is -0.346 e. The Morgan fingerprint density at radius 3 is 2.83 bits per heavy atom. The van der Waals surface area contributed by atoms with E-state index < -0.39 is 5.91 Å². The summed E-state index contributed by atoms with van der Waals surface area (Å²) in [7, 11) is 0. The number of hydrogen-bond acceptors (Lipinski definition) is 5. The summed E-state index contributed by atoms with van der Waals surface area (Å²) in [6.45, 7) is 0.239. The van der Waals surface area contributed by atoms with E-state index in [2.05, 4.69) is 25.7 Å². The fourth-order valence-electron chi connectivity index (χ4n) is 1.21. The Hall–Kier alpha value is -1.79. The van der Waals surface area contributed by atoms with Gasteiger partial charge in [0.05, 0.1) is 17.8 Å². The largest absolute Gasteiger partial charge is 0.346 e. The van der Waals surface area contributed by atoms with E-state index in [1.165, 1.54) is 6.07 Å². The van der Waals surface area contributed by atoms with Crippen LogP contribution in [0.5, 0.6) is 0 Å². The lowest BCUT2D eigenvalue weighted by atomic mass is 10.3. The summed E-state index contributed by atoms with van der Waals surface area (Å²) < 4.78 is 0. The third-order valence-electron chi connectivity index (χ3n) is 2.02. The van der Waals surface area contributed by atoms with Gasteiger partial charge in [-0.1, -0.05) is 23.2 Å². The molecule has 0 aliphatic rings. The van der Waals surface area contributed by atoms with Gasteiger partial charge in [-0.2, -0.15) is 10.2 Å². The minimum atomic E-state index is -0.401. The van der Waals surface area contributed by atoms with E-state index in [0.29, 0.717) is 5.69 Å². The van der Waals surface area contributed by atoms with Crippen molar-refractivity contribution in [3.8, 4) is 0 Å². The van der Waals surface area contributed by atoms with Crippen LogP contribution in [0, 0.1) is 0 Å². The smallest absolute Gasteiger partial charge is 0.254 e. The van der Waals surface area contributed by atoms with E-state index in [9.17, 15) is 4.79 Å². The van der Waals surface area contributed by atoms with Crippen molar-refractivity contribution in [3.63, 3.8) is 0 Å². The first-order valence-corrected chi connectivity index (χ1v) is 5.66. The van der Waals surface area contributed by atoms with E-state index in [4.69, 9.17) is 23.2 Å². The predicted molar refractivity (Wildman–Crippen MR) is 65.3 cm³/mol. The maximum Gasteiger partial charge on any atom is 0.254 e. The Morgan fingerprint density at radius 2 is 2.11 bits per heavy atom. The first-order chi connectivity index (χ1) is 8.66. The summed E-state index contributed by atoms with van der Waals surface area (Å²) in [5.74, 6) is -0.401. The van der Waals surface area contributed by atoms with Gasteiger partial charge in [0.15, 0.2) is 10.3 Å². The van der Waals surface area contributed by atoms with Gasteiger partial charge in [-0.3, -0.25) is 4.79 Å². The average molecular weight is 284 g/mol. The Morgan fingerprint density at radius 1 is 1.28 bits per heavy atom. The molecule has 8 heteroatoms. The molecule has 0 aliphatic carbocycles. The Kier molecular flexibility index (Phi) is 4.01. The second-order valence-corrected chi connectivity index (χ2v) is 4.01. The normalized spacial score (nSPS) is 10.1. The van der Waals surface area contributed by atoms with Crippen LogP contribution in [0.2, 0.25) is 10.3 Å². The average Bonchev–Trinajstić information content (AvgIpc) is 2.40. The molecule has 18 heavy (non-hydrogen) atoms. The van der Waals surface area contributed by atoms with Crippen molar-refractivity contribution in [1.82, 2.24) is 25.7 Å². The van der Waals surface area contributed by atoms with Crippen molar-refractivity contribution in [1.29, 1.82) is 0 Å². The number of carbonyl (C=O) groups is 1. The number of hydrogen-bond donors (Lipinski definition) is 1. The molecule has 0 aliphatic heterocycles. The fourth-order valence-corrected chi connectivity index (χ4v) is 1.53. The van der Waals surface area contributed by atoms with Gasteiger partial charge in [0, 0.05) is 6.20 Å². The van der Waals surface area contributed by atoms with Crippen molar-refractivity contribution >= 4 is 29.1 Å². The zero-order chi connectivity index (χ0) is 13.0. The third-order valence-corrected chi connectivity index (χ3v) is 2.49. The molecule has 2 aromatic rings. The lowest BCUT2D eigenvalue weighted by molar-refractivity contribution is 0.0950. The Labute approximate surface area is 112 Å². The molecule has 0 unspecified atom stereocenters. The summed E-state index contributed by atoms with van der Waals surface area (Å²) in [6, 6.07) is 4.82. The molecular weight excluding hydrogens is 277 g/mol. The van der Waals surface area contributed by atoms with Crippen LogP contribution in [-0.4, -0.2) is 26.3 Å². The van der Waals surface area contributed by atoms with Gasteiger partial charge < -0.3 is 5.32 Å². The molecule has 0 spiro atoms. The van der Waals surface area contributed by atoms with E-state index in [1.54, 1.807) is 18.3 Å². The molecule has 0 atom stereocenters.